The van der Waals surface area contributed by atoms with Gasteiger partial charge in [-0.15, -0.1) is 0 Å². The van der Waals surface area contributed by atoms with Crippen molar-refractivity contribution >= 4 is 33.1 Å². The molecule has 0 fully saturated rings. The van der Waals surface area contributed by atoms with Gasteiger partial charge in [0.1, 0.15) is 0 Å². The highest BCUT2D eigenvalue weighted by Crippen LogP contribution is 2.58. The Bertz CT molecular complexity index is 2840. The first-order valence-electron chi connectivity index (χ1n) is 19.0. The summed E-state index contributed by atoms with van der Waals surface area (Å²) in [5.74, 6) is 0. The molecule has 256 valence electrons. The van der Waals surface area contributed by atoms with Gasteiger partial charge in [0.25, 0.3) is 0 Å². The Kier molecular flexibility index (Phi) is 7.70. The molecule has 2 heteroatoms. The van der Waals surface area contributed by atoms with Crippen LogP contribution < -0.4 is 4.90 Å². The number of rotatable bonds is 4. The molecule has 0 spiro atoms. The van der Waals surface area contributed by atoms with Crippen molar-refractivity contribution in [3.8, 4) is 55.8 Å². The molecule has 11 rings (SSSR count). The maximum atomic E-state index is 5.51. The summed E-state index contributed by atoms with van der Waals surface area (Å²) in [6.45, 7) is 4.00. The monoisotopic (exact) mass is 690 g/mol. The Morgan fingerprint density at radius 2 is 0.944 bits per heavy atom. The smallest absolute Gasteiger partial charge is 0.0857 e. The van der Waals surface area contributed by atoms with E-state index in [9.17, 15) is 0 Å². The minimum atomic E-state index is -0.0252. The standard InChI is InChI=1S/C50H32N2.C2H6/c1-4-14-32(15-5-1)35-24-26-40-42(30-35)38-20-10-11-21-39(38)50(40)52-45-28-25-36(33-16-6-2-7-17-33)31-43(45)49-48-46(52)29-27-37(34-18-8-3-9-19-34)47(48)41-22-12-13-23-44(41)51-49;1-2/h1-31,50H;1-2H3. The van der Waals surface area contributed by atoms with Crippen LogP contribution in [0.4, 0.5) is 11.4 Å². The zero-order valence-corrected chi connectivity index (χ0v) is 30.4. The summed E-state index contributed by atoms with van der Waals surface area (Å²) in [7, 11) is 0. The summed E-state index contributed by atoms with van der Waals surface area (Å²) < 4.78 is 0. The summed E-state index contributed by atoms with van der Waals surface area (Å²) in [6, 6.07) is 68.5. The second-order valence-corrected chi connectivity index (χ2v) is 13.9. The average molecular weight is 691 g/mol. The molecule has 1 atom stereocenters. The number of aromatic nitrogens is 1. The van der Waals surface area contributed by atoms with Crippen molar-refractivity contribution in [2.24, 2.45) is 0 Å². The molecule has 2 heterocycles. The van der Waals surface area contributed by atoms with E-state index in [2.05, 4.69) is 193 Å². The first kappa shape index (κ1) is 31.9. The summed E-state index contributed by atoms with van der Waals surface area (Å²) in [5, 5.41) is 3.62. The number of para-hydroxylation sites is 1. The number of nitrogens with zero attached hydrogens (tertiary/aromatic N) is 2. The predicted octanol–water partition coefficient (Wildman–Crippen LogP) is 14.3. The third-order valence-corrected chi connectivity index (χ3v) is 11.0. The number of hydrogen-bond acceptors (Lipinski definition) is 2. The van der Waals surface area contributed by atoms with Crippen molar-refractivity contribution < 1.29 is 0 Å². The van der Waals surface area contributed by atoms with Gasteiger partial charge in [0, 0.05) is 21.7 Å². The van der Waals surface area contributed by atoms with Crippen molar-refractivity contribution in [2.75, 3.05) is 4.90 Å². The topological polar surface area (TPSA) is 16.1 Å². The van der Waals surface area contributed by atoms with Crippen molar-refractivity contribution in [3.05, 3.63) is 199 Å². The molecule has 1 aliphatic heterocycles. The third kappa shape index (κ3) is 4.91. The van der Waals surface area contributed by atoms with Gasteiger partial charge in [-0.3, -0.25) is 0 Å². The lowest BCUT2D eigenvalue weighted by atomic mass is 9.86. The second-order valence-electron chi connectivity index (χ2n) is 13.9. The van der Waals surface area contributed by atoms with E-state index in [1.807, 2.05) is 13.8 Å². The van der Waals surface area contributed by atoms with E-state index in [1.165, 1.54) is 83.2 Å². The van der Waals surface area contributed by atoms with Crippen LogP contribution in [0.25, 0.3) is 77.4 Å². The molecule has 54 heavy (non-hydrogen) atoms. The zero-order chi connectivity index (χ0) is 36.2. The molecular weight excluding hydrogens is 653 g/mol. The van der Waals surface area contributed by atoms with Gasteiger partial charge in [-0.05, 0) is 86.0 Å². The molecule has 0 bridgehead atoms. The van der Waals surface area contributed by atoms with E-state index in [0.29, 0.717) is 0 Å². The first-order valence-corrected chi connectivity index (χ1v) is 19.0. The van der Waals surface area contributed by atoms with Crippen LogP contribution in [0, 0.1) is 0 Å². The number of benzene rings is 8. The minimum absolute atomic E-state index is 0.0252. The molecule has 1 aliphatic carbocycles. The van der Waals surface area contributed by atoms with Crippen molar-refractivity contribution in [1.82, 2.24) is 4.98 Å². The molecule has 1 unspecified atom stereocenters. The largest absolute Gasteiger partial charge is 0.328 e. The SMILES string of the molecule is CC.c1ccc(-c2ccc3c(c2)-c2ccccc2C3N2c3ccc(-c4ccccc4)cc3-c3nc4ccccc4c4c(-c5ccccc5)ccc2c34)cc1. The van der Waals surface area contributed by atoms with E-state index in [1.54, 1.807) is 0 Å². The van der Waals surface area contributed by atoms with Gasteiger partial charge in [0.15, 0.2) is 0 Å². The maximum Gasteiger partial charge on any atom is 0.0857 e. The maximum absolute atomic E-state index is 5.51. The van der Waals surface area contributed by atoms with E-state index in [0.717, 1.165) is 16.8 Å². The summed E-state index contributed by atoms with van der Waals surface area (Å²) in [4.78, 5) is 8.12. The van der Waals surface area contributed by atoms with Gasteiger partial charge in [-0.25, -0.2) is 4.98 Å². The molecule has 2 nitrogen and oxygen atoms in total. The van der Waals surface area contributed by atoms with E-state index >= 15 is 0 Å². The summed E-state index contributed by atoms with van der Waals surface area (Å²) >= 11 is 0. The Balaban J connectivity index is 0.00000178. The van der Waals surface area contributed by atoms with E-state index < -0.39 is 0 Å². The highest BCUT2D eigenvalue weighted by atomic mass is 15.2. The van der Waals surface area contributed by atoms with Crippen molar-refractivity contribution in [3.63, 3.8) is 0 Å². The van der Waals surface area contributed by atoms with Crippen LogP contribution in [0.5, 0.6) is 0 Å². The molecule has 8 aromatic carbocycles. The van der Waals surface area contributed by atoms with Crippen LogP contribution in [0.3, 0.4) is 0 Å². The molecule has 0 radical (unpaired) electrons. The van der Waals surface area contributed by atoms with Crippen LogP contribution in [0.2, 0.25) is 0 Å². The van der Waals surface area contributed by atoms with Crippen molar-refractivity contribution in [1.29, 1.82) is 0 Å². The fourth-order valence-corrected chi connectivity index (χ4v) is 8.74. The van der Waals surface area contributed by atoms with Gasteiger partial charge in [-0.2, -0.15) is 0 Å². The minimum Gasteiger partial charge on any atom is -0.328 e. The highest BCUT2D eigenvalue weighted by Gasteiger charge is 2.39. The third-order valence-electron chi connectivity index (χ3n) is 11.0. The Morgan fingerprint density at radius 1 is 0.389 bits per heavy atom. The zero-order valence-electron chi connectivity index (χ0n) is 30.4. The average Bonchev–Trinajstić information content (AvgIpc) is 3.58. The van der Waals surface area contributed by atoms with Crippen LogP contribution in [0.1, 0.15) is 31.0 Å². The Hall–Kier alpha value is -6.77. The molecule has 0 amide bonds. The van der Waals surface area contributed by atoms with Crippen LogP contribution in [-0.2, 0) is 0 Å². The Labute approximate surface area is 316 Å². The fraction of sp³-hybridized carbons (Fsp3) is 0.0577. The quantitative estimate of drug-likeness (QED) is 0.171. The van der Waals surface area contributed by atoms with Gasteiger partial charge < -0.3 is 4.90 Å². The second kappa shape index (κ2) is 13.0. The predicted molar refractivity (Wildman–Crippen MR) is 228 cm³/mol. The van der Waals surface area contributed by atoms with Gasteiger partial charge in [0.05, 0.1) is 28.6 Å². The van der Waals surface area contributed by atoms with Gasteiger partial charge in [0.2, 0.25) is 0 Å². The molecule has 0 saturated carbocycles. The van der Waals surface area contributed by atoms with E-state index in [-0.39, 0.29) is 6.04 Å². The molecular formula is C52H38N2. The lowest BCUT2D eigenvalue weighted by Crippen LogP contribution is -2.26. The fourth-order valence-electron chi connectivity index (χ4n) is 8.74. The van der Waals surface area contributed by atoms with E-state index in [4.69, 9.17) is 4.98 Å². The van der Waals surface area contributed by atoms with Crippen molar-refractivity contribution in [2.45, 2.75) is 19.9 Å². The summed E-state index contributed by atoms with van der Waals surface area (Å²) in [5.41, 5.74) is 18.1. The molecule has 9 aromatic rings. The summed E-state index contributed by atoms with van der Waals surface area (Å²) in [6.07, 6.45) is 0. The lowest BCUT2D eigenvalue weighted by molar-refractivity contribution is 0.844. The normalized spacial score (nSPS) is 13.5. The van der Waals surface area contributed by atoms with Crippen LogP contribution in [-0.4, -0.2) is 4.98 Å². The van der Waals surface area contributed by atoms with Gasteiger partial charge >= 0.3 is 0 Å². The number of anilines is 2. The molecule has 0 saturated heterocycles. The van der Waals surface area contributed by atoms with Crippen LogP contribution >= 0.6 is 0 Å². The number of hydrogen-bond donors (Lipinski definition) is 0. The highest BCUT2D eigenvalue weighted by molar-refractivity contribution is 6.24. The lowest BCUT2D eigenvalue weighted by Gasteiger charge is -2.39. The molecule has 0 N–H and O–H groups in total. The number of fused-ring (bicyclic) bond motifs is 7. The van der Waals surface area contributed by atoms with Gasteiger partial charge in [-0.1, -0.05) is 172 Å². The molecule has 2 aliphatic rings. The molecule has 1 aromatic heterocycles. The Morgan fingerprint density at radius 3 is 1.67 bits per heavy atom. The number of pyridine rings is 1. The van der Waals surface area contributed by atoms with Crippen LogP contribution in [0.15, 0.2) is 188 Å². The first-order chi connectivity index (χ1) is 26.8.